The fourth-order valence-electron chi connectivity index (χ4n) is 1.84. The maximum atomic E-state index is 11.1. The van der Waals surface area contributed by atoms with E-state index in [2.05, 4.69) is 40.0 Å². The molecule has 3 N–H and O–H groups in total. The zero-order valence-electron chi connectivity index (χ0n) is 10.6. The molecular weight excluding hydrogens is 351 g/mol. The third-order valence-corrected chi connectivity index (χ3v) is 3.61. The van der Waals surface area contributed by atoms with E-state index < -0.39 is 0 Å². The number of primary amides is 1. The van der Waals surface area contributed by atoms with Crippen LogP contribution < -0.4 is 11.1 Å². The lowest BCUT2D eigenvalue weighted by Crippen LogP contribution is -2.11. The van der Waals surface area contributed by atoms with Crippen molar-refractivity contribution in [1.82, 2.24) is 0 Å². The van der Waals surface area contributed by atoms with E-state index in [-0.39, 0.29) is 5.91 Å². The van der Waals surface area contributed by atoms with Gasteiger partial charge >= 0.3 is 0 Å². The molecule has 0 unspecified atom stereocenters. The molecule has 0 aliphatic heterocycles. The zero-order chi connectivity index (χ0) is 13.8. The summed E-state index contributed by atoms with van der Waals surface area (Å²) in [4.78, 5) is 11.1. The minimum atomic E-state index is -0.389. The molecule has 0 saturated heterocycles. The Bertz CT molecular complexity index is 611. The molecule has 4 heteroatoms. The van der Waals surface area contributed by atoms with Crippen LogP contribution in [0.5, 0.6) is 0 Å². The van der Waals surface area contributed by atoms with E-state index in [0.717, 1.165) is 23.4 Å². The highest BCUT2D eigenvalue weighted by molar-refractivity contribution is 14.1. The number of halogens is 1. The van der Waals surface area contributed by atoms with Gasteiger partial charge in [0, 0.05) is 21.4 Å². The number of nitrogens with two attached hydrogens (primary N) is 1. The smallest absolute Gasteiger partial charge is 0.248 e. The molecule has 2 rings (SSSR count). The second kappa shape index (κ2) is 6.06. The number of carbonyl (C=O) groups is 1. The monoisotopic (exact) mass is 366 g/mol. The first-order valence-corrected chi connectivity index (χ1v) is 7.03. The molecule has 1 amide bonds. The van der Waals surface area contributed by atoms with E-state index in [1.54, 1.807) is 6.07 Å². The van der Waals surface area contributed by atoms with Crippen LogP contribution in [0.25, 0.3) is 0 Å². The number of hydrogen-bond acceptors (Lipinski definition) is 2. The second-order valence-electron chi connectivity index (χ2n) is 4.37. The zero-order valence-corrected chi connectivity index (χ0v) is 12.8. The van der Waals surface area contributed by atoms with Crippen LogP contribution >= 0.6 is 22.6 Å². The molecule has 98 valence electrons. The molecule has 19 heavy (non-hydrogen) atoms. The van der Waals surface area contributed by atoms with Crippen molar-refractivity contribution < 1.29 is 4.79 Å². The van der Waals surface area contributed by atoms with Crippen molar-refractivity contribution in [2.45, 2.75) is 13.5 Å². The molecule has 0 atom stereocenters. The van der Waals surface area contributed by atoms with E-state index in [0.29, 0.717) is 5.56 Å². The number of benzene rings is 2. The van der Waals surface area contributed by atoms with Crippen molar-refractivity contribution in [2.24, 2.45) is 5.73 Å². The highest BCUT2D eigenvalue weighted by Gasteiger charge is 2.04. The van der Waals surface area contributed by atoms with Gasteiger partial charge in [-0.05, 0) is 71.0 Å². The standard InChI is InChI=1S/C15H15IN2O/c1-10-7-11(15(17)19)5-6-12(10)9-18-14-4-2-3-13(16)8-14/h2-8,18H,9H2,1H3,(H2,17,19). The number of amides is 1. The fraction of sp³-hybridized carbons (Fsp3) is 0.133. The molecule has 0 aromatic heterocycles. The number of carbonyl (C=O) groups excluding carboxylic acids is 1. The van der Waals surface area contributed by atoms with Crippen molar-refractivity contribution in [1.29, 1.82) is 0 Å². The van der Waals surface area contributed by atoms with Gasteiger partial charge in [-0.3, -0.25) is 4.79 Å². The van der Waals surface area contributed by atoms with Crippen LogP contribution in [-0.4, -0.2) is 5.91 Å². The number of aryl methyl sites for hydroxylation is 1. The molecule has 2 aromatic rings. The van der Waals surface area contributed by atoms with Crippen molar-refractivity contribution in [2.75, 3.05) is 5.32 Å². The van der Waals surface area contributed by atoms with Crippen molar-refractivity contribution in [3.63, 3.8) is 0 Å². The first kappa shape index (κ1) is 13.9. The molecule has 0 saturated carbocycles. The summed E-state index contributed by atoms with van der Waals surface area (Å²) in [6, 6.07) is 13.7. The first-order chi connectivity index (χ1) is 9.06. The topological polar surface area (TPSA) is 55.1 Å². The molecule has 0 aliphatic rings. The summed E-state index contributed by atoms with van der Waals surface area (Å²) in [5.41, 5.74) is 9.12. The largest absolute Gasteiger partial charge is 0.381 e. The Labute approximate surface area is 126 Å². The van der Waals surface area contributed by atoms with Gasteiger partial charge in [-0.15, -0.1) is 0 Å². The van der Waals surface area contributed by atoms with Gasteiger partial charge in [0.25, 0.3) is 0 Å². The van der Waals surface area contributed by atoms with Gasteiger partial charge in [-0.1, -0.05) is 12.1 Å². The van der Waals surface area contributed by atoms with E-state index in [9.17, 15) is 4.79 Å². The molecule has 0 aliphatic carbocycles. The number of anilines is 1. The Morgan fingerprint density at radius 3 is 2.68 bits per heavy atom. The van der Waals surface area contributed by atoms with Crippen molar-refractivity contribution in [3.8, 4) is 0 Å². The van der Waals surface area contributed by atoms with Crippen LogP contribution in [0.15, 0.2) is 42.5 Å². The number of hydrogen-bond donors (Lipinski definition) is 2. The quantitative estimate of drug-likeness (QED) is 0.816. The molecule has 0 fully saturated rings. The minimum Gasteiger partial charge on any atom is -0.381 e. The highest BCUT2D eigenvalue weighted by atomic mass is 127. The summed E-state index contributed by atoms with van der Waals surface area (Å²) < 4.78 is 1.20. The first-order valence-electron chi connectivity index (χ1n) is 5.95. The summed E-state index contributed by atoms with van der Waals surface area (Å²) in [5, 5.41) is 3.37. The van der Waals surface area contributed by atoms with Gasteiger partial charge in [0.15, 0.2) is 0 Å². The third-order valence-electron chi connectivity index (χ3n) is 2.93. The Hall–Kier alpha value is -1.56. The summed E-state index contributed by atoms with van der Waals surface area (Å²) in [7, 11) is 0. The van der Waals surface area contributed by atoms with Crippen LogP contribution in [0.4, 0.5) is 5.69 Å². The van der Waals surface area contributed by atoms with Gasteiger partial charge < -0.3 is 11.1 Å². The Kier molecular flexibility index (Phi) is 4.42. The number of nitrogens with one attached hydrogen (secondary N) is 1. The molecule has 0 spiro atoms. The fourth-order valence-corrected chi connectivity index (χ4v) is 2.39. The normalized spacial score (nSPS) is 10.2. The molecule has 0 radical (unpaired) electrons. The lowest BCUT2D eigenvalue weighted by molar-refractivity contribution is 0.1000. The van der Waals surface area contributed by atoms with Crippen molar-refractivity contribution >= 4 is 34.2 Å². The Morgan fingerprint density at radius 2 is 2.05 bits per heavy atom. The predicted molar refractivity (Wildman–Crippen MR) is 86.2 cm³/mol. The average molecular weight is 366 g/mol. The van der Waals surface area contributed by atoms with Crippen LogP contribution in [0.2, 0.25) is 0 Å². The maximum absolute atomic E-state index is 11.1. The summed E-state index contributed by atoms with van der Waals surface area (Å²) in [6.07, 6.45) is 0. The predicted octanol–water partition coefficient (Wildman–Crippen LogP) is 3.31. The average Bonchev–Trinajstić information content (AvgIpc) is 2.37. The maximum Gasteiger partial charge on any atom is 0.248 e. The SMILES string of the molecule is Cc1cc(C(N)=O)ccc1CNc1cccc(I)c1. The number of rotatable bonds is 4. The molecular formula is C15H15IN2O. The Morgan fingerprint density at radius 1 is 1.26 bits per heavy atom. The Balaban J connectivity index is 2.10. The van der Waals surface area contributed by atoms with E-state index in [4.69, 9.17) is 5.73 Å². The van der Waals surface area contributed by atoms with Crippen LogP contribution in [0.3, 0.4) is 0 Å². The second-order valence-corrected chi connectivity index (χ2v) is 5.62. The van der Waals surface area contributed by atoms with Gasteiger partial charge in [0.1, 0.15) is 0 Å². The van der Waals surface area contributed by atoms with E-state index in [1.165, 1.54) is 3.57 Å². The molecule has 0 bridgehead atoms. The van der Waals surface area contributed by atoms with Gasteiger partial charge in [-0.25, -0.2) is 0 Å². The summed E-state index contributed by atoms with van der Waals surface area (Å²) >= 11 is 2.29. The van der Waals surface area contributed by atoms with Gasteiger partial charge in [0.2, 0.25) is 5.91 Å². The van der Waals surface area contributed by atoms with E-state index in [1.807, 2.05) is 31.2 Å². The summed E-state index contributed by atoms with van der Waals surface area (Å²) in [6.45, 7) is 2.71. The van der Waals surface area contributed by atoms with Crippen LogP contribution in [0.1, 0.15) is 21.5 Å². The highest BCUT2D eigenvalue weighted by Crippen LogP contribution is 2.16. The third kappa shape index (κ3) is 3.70. The van der Waals surface area contributed by atoms with Gasteiger partial charge in [0.05, 0.1) is 0 Å². The molecule has 3 nitrogen and oxygen atoms in total. The lowest BCUT2D eigenvalue weighted by Gasteiger charge is -2.10. The summed E-state index contributed by atoms with van der Waals surface area (Å²) in [5.74, 6) is -0.389. The molecule has 2 aromatic carbocycles. The van der Waals surface area contributed by atoms with Crippen LogP contribution in [-0.2, 0) is 6.54 Å². The molecule has 0 heterocycles. The lowest BCUT2D eigenvalue weighted by atomic mass is 10.0. The minimum absolute atomic E-state index is 0.389. The van der Waals surface area contributed by atoms with E-state index >= 15 is 0 Å². The van der Waals surface area contributed by atoms with Crippen molar-refractivity contribution in [3.05, 3.63) is 62.7 Å². The van der Waals surface area contributed by atoms with Gasteiger partial charge in [-0.2, -0.15) is 0 Å². The van der Waals surface area contributed by atoms with Crippen LogP contribution in [0, 0.1) is 10.5 Å².